The molecule has 0 radical (unpaired) electrons. The lowest BCUT2D eigenvalue weighted by molar-refractivity contribution is -0.387. The number of Topliss-reactive ketones (excluding diaryl/α,β-unsaturated/α-hetero) is 1. The number of carbonyl (C=O) groups is 7. The lowest BCUT2D eigenvalue weighted by atomic mass is 9.83. The molecule has 0 bridgehead atoms. The molecule has 0 aromatic heterocycles. The quantitative estimate of drug-likeness (QED) is 0.0246. The predicted molar refractivity (Wildman–Crippen MR) is 315 cm³/mol. The van der Waals surface area contributed by atoms with Gasteiger partial charge in [0.15, 0.2) is 11.9 Å². The normalized spacial score (nSPS) is 22.2. The molecule has 22 nitrogen and oxygen atoms in total. The number of rotatable bonds is 30. The van der Waals surface area contributed by atoms with Crippen molar-refractivity contribution in [1.82, 2.24) is 20.0 Å². The molecule has 2 saturated heterocycles. The molecule has 85 heavy (non-hydrogen) atoms. The van der Waals surface area contributed by atoms with E-state index in [4.69, 9.17) is 39.6 Å². The number of esters is 2. The van der Waals surface area contributed by atoms with Gasteiger partial charge in [0.1, 0.15) is 30.6 Å². The molecule has 0 saturated carbocycles. The summed E-state index contributed by atoms with van der Waals surface area (Å²) in [6.07, 6.45) is -0.174. The Labute approximate surface area is 501 Å². The fraction of sp³-hybridized carbons (Fsp3) is 0.667. The van der Waals surface area contributed by atoms with Gasteiger partial charge in [-0.2, -0.15) is 0 Å². The number of aliphatic hydroxyl groups is 1. The number of nitrogens with one attached hydrogen (secondary N) is 1. The number of benzene rings is 2. The van der Waals surface area contributed by atoms with Gasteiger partial charge in [0.2, 0.25) is 24.0 Å². The van der Waals surface area contributed by atoms with E-state index in [0.717, 1.165) is 16.5 Å². The molecule has 22 heteroatoms. The van der Waals surface area contributed by atoms with Crippen molar-refractivity contribution in [3.8, 4) is 18.1 Å². The van der Waals surface area contributed by atoms with Gasteiger partial charge in [-0.1, -0.05) is 112 Å². The highest BCUT2D eigenvalue weighted by atomic mass is 16.7. The number of nitrogens with zero attached hydrogens (tertiary/aromatic N) is 4. The highest BCUT2D eigenvalue weighted by Crippen LogP contribution is 2.39. The first-order valence-electron chi connectivity index (χ1n) is 29.5. The molecule has 4 amide bonds. The number of hydrogen-bond acceptors (Lipinski definition) is 17. The minimum absolute atomic E-state index is 0.0854. The van der Waals surface area contributed by atoms with Gasteiger partial charge in [0.25, 0.3) is 0 Å². The number of hydrogen-bond donors (Lipinski definition) is 2. The Bertz CT molecular complexity index is 2630. The summed E-state index contributed by atoms with van der Waals surface area (Å²) in [6.45, 7) is 20.9. The second kappa shape index (κ2) is 32.7. The monoisotopic (exact) mass is 1190 g/mol. The van der Waals surface area contributed by atoms with Crippen LogP contribution in [0.2, 0.25) is 0 Å². The van der Waals surface area contributed by atoms with Crippen molar-refractivity contribution in [3.05, 3.63) is 69.8 Å². The fourth-order valence-electron chi connectivity index (χ4n) is 11.7. The van der Waals surface area contributed by atoms with Crippen LogP contribution in [0, 0.1) is 63.9 Å². The summed E-state index contributed by atoms with van der Waals surface area (Å²) in [6, 6.07) is 9.61. The maximum Gasteiger partial charge on any atom is 0.410 e. The van der Waals surface area contributed by atoms with Crippen molar-refractivity contribution in [2.45, 2.75) is 189 Å². The van der Waals surface area contributed by atoms with Crippen LogP contribution >= 0.6 is 0 Å². The van der Waals surface area contributed by atoms with Gasteiger partial charge < -0.3 is 53.4 Å². The van der Waals surface area contributed by atoms with Crippen molar-refractivity contribution in [2.24, 2.45) is 41.4 Å². The van der Waals surface area contributed by atoms with E-state index in [1.54, 1.807) is 53.5 Å². The average molecular weight is 1190 g/mol. The number of aliphatic hydroxyl groups excluding tert-OH is 1. The van der Waals surface area contributed by atoms with Crippen LogP contribution in [0.5, 0.6) is 5.75 Å². The minimum atomic E-state index is -1.36. The van der Waals surface area contributed by atoms with E-state index in [2.05, 4.69) is 11.2 Å². The van der Waals surface area contributed by atoms with Crippen LogP contribution < -0.4 is 10.1 Å². The molecule has 2 fully saturated rings. The maximum absolute atomic E-state index is 14.9. The molecule has 2 N–H and O–H groups in total. The molecule has 0 aliphatic carbocycles. The number of nitro benzene ring substituents is 1. The summed E-state index contributed by atoms with van der Waals surface area (Å²) < 4.78 is 41.0. The van der Waals surface area contributed by atoms with E-state index in [1.807, 2.05) is 58.0 Å². The maximum atomic E-state index is 14.9. The number of methoxy groups -OCH3 is 2. The second-order valence-corrected chi connectivity index (χ2v) is 23.6. The largest absolute Gasteiger partial charge is 0.463 e. The zero-order chi connectivity index (χ0) is 63.7. The smallest absolute Gasteiger partial charge is 0.410 e. The van der Waals surface area contributed by atoms with Crippen molar-refractivity contribution >= 4 is 47.2 Å². The molecule has 2 aromatic carbocycles. The van der Waals surface area contributed by atoms with Gasteiger partial charge in [-0.3, -0.25) is 43.8 Å². The Hall–Kier alpha value is -6.67. The third kappa shape index (κ3) is 18.4. The van der Waals surface area contributed by atoms with Gasteiger partial charge in [0.05, 0.1) is 54.3 Å². The van der Waals surface area contributed by atoms with Gasteiger partial charge in [0, 0.05) is 78.6 Å². The van der Waals surface area contributed by atoms with Crippen molar-refractivity contribution in [2.75, 3.05) is 41.5 Å². The number of likely N-dealkylation sites (N-methyl/N-ethyl adjacent to an activating group) is 2. The number of amides is 4. The van der Waals surface area contributed by atoms with E-state index >= 15 is 0 Å². The Balaban J connectivity index is 1.52. The lowest BCUT2D eigenvalue weighted by Gasteiger charge is -2.43. The molecule has 4 rings (SSSR count). The number of carbonyl (C=O) groups excluding carboxylic acids is 7. The third-order valence-corrected chi connectivity index (χ3v) is 17.0. The number of ether oxygens (including phenoxy) is 7. The molecular weight excluding hydrogens is 1100 g/mol. The zero-order valence-electron chi connectivity index (χ0n) is 52.5. The molecule has 472 valence electrons. The van der Waals surface area contributed by atoms with E-state index in [-0.39, 0.29) is 66.6 Å². The van der Waals surface area contributed by atoms with Gasteiger partial charge in [-0.05, 0) is 54.1 Å². The third-order valence-electron chi connectivity index (χ3n) is 17.0. The molecule has 2 aliphatic heterocycles. The first-order valence-corrected chi connectivity index (χ1v) is 29.5. The molecular formula is C63H93N5O17. The van der Waals surface area contributed by atoms with Crippen LogP contribution in [0.4, 0.5) is 10.5 Å². The number of ketones is 1. The Morgan fingerprint density at radius 3 is 2.09 bits per heavy atom. The van der Waals surface area contributed by atoms with Crippen LogP contribution in [-0.4, -0.2) is 163 Å². The summed E-state index contributed by atoms with van der Waals surface area (Å²) in [5.41, 5.74) is 0.272. The number of likely N-dealkylation sites (tertiary alicyclic amines) is 1. The summed E-state index contributed by atoms with van der Waals surface area (Å²) in [7, 11) is 6.00. The standard InChI is InChI=1S/C63H93N5O17/c1-18-24-49(45-28-29-50(47(32-45)68(77)78)83-62-59(82-43(13)70)40(10)39(9)52(84-62)34-81-42(12)69)85-63(76)66(15)55(36(5)6)60(74)64-54(35(3)4)61(75)65(14)56(37(7)19-2)51(79-16)33-53(72)67-30-23-27-46(67)58(80-17)41(11)48(71)31-38(8)57(73)44-25-21-20-22-26-44/h1,20-22,25-26,28-29,32,35-41,46,49,51-52,54-59,62,73H,19,23-24,27,30-31,33-34H2,2-17H3,(H,64,74)/t37-,38-,39?,40?,41-,46-,49?,51+,52?,54-,55-,56-,57+,58+,59?,62?/m0/s1. The number of nitro groups is 1. The van der Waals surface area contributed by atoms with Crippen molar-refractivity contribution in [1.29, 1.82) is 0 Å². The summed E-state index contributed by atoms with van der Waals surface area (Å²) >= 11 is 0. The molecule has 16 atom stereocenters. The SMILES string of the molecule is C#CCC(OC(=O)N(C)[C@H](C(=O)N[C@H](C(=O)N(C)[C@@H]([C@@H](C)CC)[C@@H](CC(=O)N1CCC[C@H]1[C@H](OC)[C@@H](C)C(=O)C[C@H](C)[C@@H](O)c1ccccc1)OC)C(C)C)C(C)C)c1ccc(OC2OC(COC(C)=O)C(C)C(C)C2OC(C)=O)c([N+](=O)[O-])c1. The van der Waals surface area contributed by atoms with Crippen LogP contribution in [0.15, 0.2) is 48.5 Å². The van der Waals surface area contributed by atoms with Crippen LogP contribution in [0.1, 0.15) is 145 Å². The predicted octanol–water partition coefficient (Wildman–Crippen LogP) is 8.01. The lowest BCUT2D eigenvalue weighted by Crippen LogP contribution is -2.60. The highest BCUT2D eigenvalue weighted by molar-refractivity contribution is 5.92. The zero-order valence-corrected chi connectivity index (χ0v) is 52.5. The summed E-state index contributed by atoms with van der Waals surface area (Å²) in [4.78, 5) is 112. The molecule has 2 heterocycles. The summed E-state index contributed by atoms with van der Waals surface area (Å²) in [5, 5.41) is 26.6. The van der Waals surface area contributed by atoms with Crippen LogP contribution in [-0.2, 0) is 57.2 Å². The molecule has 6 unspecified atom stereocenters. The molecule has 2 aromatic rings. The first kappa shape index (κ1) is 70.8. The topological polar surface area (TPSA) is 269 Å². The average Bonchev–Trinajstić information content (AvgIpc) is 2.71. The van der Waals surface area contributed by atoms with Crippen LogP contribution in [0.25, 0.3) is 0 Å². The van der Waals surface area contributed by atoms with E-state index in [9.17, 15) is 48.8 Å². The van der Waals surface area contributed by atoms with Gasteiger partial charge >= 0.3 is 23.7 Å². The van der Waals surface area contributed by atoms with Crippen LogP contribution in [0.3, 0.4) is 0 Å². The van der Waals surface area contributed by atoms with Crippen molar-refractivity contribution in [3.63, 3.8) is 0 Å². The van der Waals surface area contributed by atoms with Gasteiger partial charge in [-0.15, -0.1) is 12.3 Å². The van der Waals surface area contributed by atoms with Gasteiger partial charge in [-0.25, -0.2) is 4.79 Å². The van der Waals surface area contributed by atoms with E-state index < -0.39 is 131 Å². The highest BCUT2D eigenvalue weighted by Gasteiger charge is 2.47. The summed E-state index contributed by atoms with van der Waals surface area (Å²) in [5.74, 6) is -3.32. The Morgan fingerprint density at radius 1 is 0.882 bits per heavy atom. The first-order chi connectivity index (χ1) is 40.0. The fourth-order valence-corrected chi connectivity index (χ4v) is 11.7. The Morgan fingerprint density at radius 2 is 1.54 bits per heavy atom. The van der Waals surface area contributed by atoms with E-state index in [0.29, 0.717) is 25.8 Å². The second-order valence-electron chi connectivity index (χ2n) is 23.6. The van der Waals surface area contributed by atoms with E-state index in [1.165, 1.54) is 52.1 Å². The minimum Gasteiger partial charge on any atom is -0.463 e. The Kier molecular flexibility index (Phi) is 27.3. The van der Waals surface area contributed by atoms with Crippen molar-refractivity contribution < 1.29 is 76.7 Å². The molecule has 2 aliphatic rings. The number of terminal acetylenes is 1. The molecule has 0 spiro atoms.